The van der Waals surface area contributed by atoms with E-state index in [1.807, 2.05) is 0 Å². The molecule has 0 aromatic heterocycles. The number of esters is 4. The fourth-order valence-electron chi connectivity index (χ4n) is 5.52. The molecule has 2 aromatic carbocycles. The smallest absolute Gasteiger partial charge is 0.347 e. The average molecular weight is 492 g/mol. The van der Waals surface area contributed by atoms with Gasteiger partial charge in [0.15, 0.2) is 0 Å². The molecule has 0 bridgehead atoms. The molecule has 0 radical (unpaired) electrons. The largest absolute Gasteiger partial charge is 0.478 e. The van der Waals surface area contributed by atoms with Gasteiger partial charge in [-0.25, -0.2) is 28.8 Å². The highest BCUT2D eigenvalue weighted by Crippen LogP contribution is 2.38. The van der Waals surface area contributed by atoms with Crippen LogP contribution in [0, 0.1) is 11.8 Å². The second-order valence-corrected chi connectivity index (χ2v) is 9.29. The summed E-state index contributed by atoms with van der Waals surface area (Å²) in [7, 11) is 0. The first kappa shape index (κ1) is 23.4. The average Bonchev–Trinajstić information content (AvgIpc) is 3.29. The van der Waals surface area contributed by atoms with Gasteiger partial charge in [-0.05, 0) is 85.8 Å². The highest BCUT2D eigenvalue weighted by Gasteiger charge is 2.37. The van der Waals surface area contributed by atoms with Crippen LogP contribution in [0.3, 0.4) is 0 Å². The summed E-state index contributed by atoms with van der Waals surface area (Å²) in [6.07, 6.45) is 3.21. The molecule has 184 valence electrons. The maximum atomic E-state index is 12.3. The van der Waals surface area contributed by atoms with Crippen molar-refractivity contribution >= 4 is 35.8 Å². The number of fused-ring (bicyclic) bond motifs is 2. The fraction of sp³-hybridized carbons (Fsp3) is 0.308. The summed E-state index contributed by atoms with van der Waals surface area (Å²) in [5.41, 5.74) is 0.633. The van der Waals surface area contributed by atoms with Crippen molar-refractivity contribution in [2.45, 2.75) is 38.5 Å². The normalized spacial score (nSPS) is 20.6. The Bertz CT molecular complexity index is 1270. The molecule has 1 saturated carbocycles. The minimum Gasteiger partial charge on any atom is -0.478 e. The molecule has 0 spiro atoms. The highest BCUT2D eigenvalue weighted by atomic mass is 16.6. The zero-order chi connectivity index (χ0) is 25.7. The van der Waals surface area contributed by atoms with E-state index >= 15 is 0 Å². The molecule has 0 unspecified atom stereocenters. The Labute approximate surface area is 203 Å². The molecule has 1 fully saturated rings. The molecule has 36 heavy (non-hydrogen) atoms. The van der Waals surface area contributed by atoms with Crippen molar-refractivity contribution in [1.82, 2.24) is 0 Å². The SMILES string of the molecule is O=C(O)c1ccc2c(c1CC1CCC(Cc3c(C(=O)O)ccc4c3C(=O)OC4=O)CC1)C(=O)OC2=O. The second kappa shape index (κ2) is 8.71. The lowest BCUT2D eigenvalue weighted by atomic mass is 9.75. The maximum absolute atomic E-state index is 12.3. The molecule has 2 N–H and O–H groups in total. The summed E-state index contributed by atoms with van der Waals surface area (Å²) < 4.78 is 9.37. The molecular weight excluding hydrogens is 472 g/mol. The third-order valence-corrected chi connectivity index (χ3v) is 7.26. The van der Waals surface area contributed by atoms with Crippen LogP contribution in [0.5, 0.6) is 0 Å². The lowest BCUT2D eigenvalue weighted by Gasteiger charge is -2.29. The Morgan fingerprint density at radius 2 is 1.00 bits per heavy atom. The highest BCUT2D eigenvalue weighted by molar-refractivity contribution is 6.17. The number of hydrogen-bond acceptors (Lipinski definition) is 8. The van der Waals surface area contributed by atoms with Gasteiger partial charge in [0, 0.05) is 0 Å². The predicted octanol–water partition coefficient (Wildman–Crippen LogP) is 3.30. The molecule has 2 aliphatic heterocycles. The van der Waals surface area contributed by atoms with Crippen LogP contribution in [0.4, 0.5) is 0 Å². The molecule has 0 atom stereocenters. The van der Waals surface area contributed by atoms with Gasteiger partial charge in [-0.15, -0.1) is 0 Å². The summed E-state index contributed by atoms with van der Waals surface area (Å²) in [6.45, 7) is 0. The van der Waals surface area contributed by atoms with E-state index in [1.54, 1.807) is 0 Å². The maximum Gasteiger partial charge on any atom is 0.347 e. The molecule has 10 heteroatoms. The number of cyclic esters (lactones) is 4. The van der Waals surface area contributed by atoms with Crippen LogP contribution in [0.25, 0.3) is 0 Å². The Morgan fingerprint density at radius 3 is 1.33 bits per heavy atom. The summed E-state index contributed by atoms with van der Waals surface area (Å²) in [5.74, 6) is -5.62. The second-order valence-electron chi connectivity index (χ2n) is 9.29. The van der Waals surface area contributed by atoms with Gasteiger partial charge in [0.1, 0.15) is 0 Å². The summed E-state index contributed by atoms with van der Waals surface area (Å²) >= 11 is 0. The van der Waals surface area contributed by atoms with Crippen molar-refractivity contribution < 1.29 is 48.5 Å². The quantitative estimate of drug-likeness (QED) is 0.452. The number of hydrogen-bond donors (Lipinski definition) is 2. The Morgan fingerprint density at radius 1 is 0.639 bits per heavy atom. The topological polar surface area (TPSA) is 161 Å². The van der Waals surface area contributed by atoms with Crippen LogP contribution in [0.15, 0.2) is 24.3 Å². The number of carboxylic acid groups (broad SMARTS) is 2. The van der Waals surface area contributed by atoms with Crippen molar-refractivity contribution in [2.75, 3.05) is 0 Å². The molecule has 0 saturated heterocycles. The van der Waals surface area contributed by atoms with Crippen LogP contribution in [0.2, 0.25) is 0 Å². The van der Waals surface area contributed by atoms with E-state index in [0.717, 1.165) is 0 Å². The van der Waals surface area contributed by atoms with Crippen molar-refractivity contribution in [3.8, 4) is 0 Å². The first-order chi connectivity index (χ1) is 17.2. The van der Waals surface area contributed by atoms with Crippen molar-refractivity contribution in [2.24, 2.45) is 11.8 Å². The number of aromatic carboxylic acids is 2. The Balaban J connectivity index is 1.35. The van der Waals surface area contributed by atoms with Crippen LogP contribution >= 0.6 is 0 Å². The molecular formula is C26H20O10. The molecule has 10 nitrogen and oxygen atoms in total. The van der Waals surface area contributed by atoms with Crippen LogP contribution in [-0.4, -0.2) is 46.0 Å². The van der Waals surface area contributed by atoms with Gasteiger partial charge in [0.2, 0.25) is 0 Å². The standard InChI is InChI=1S/C26H20O10/c27-21(28)13-5-7-15-19(25(33)35-23(15)31)17(13)9-11-1-2-12(4-3-11)10-18-14(22(29)30)6-8-16-20(18)26(34)36-24(16)32/h5-8,11-12H,1-4,9-10H2,(H,27,28)(H,29,30). The number of rotatable bonds is 6. The van der Waals surface area contributed by atoms with Crippen molar-refractivity contribution in [3.63, 3.8) is 0 Å². The van der Waals surface area contributed by atoms with Crippen LogP contribution in [0.1, 0.15) is 99.0 Å². The lowest BCUT2D eigenvalue weighted by molar-refractivity contribution is 0.0425. The lowest BCUT2D eigenvalue weighted by Crippen LogP contribution is -2.22. The van der Waals surface area contributed by atoms with Gasteiger partial charge in [0.05, 0.1) is 33.4 Å². The molecule has 5 rings (SSSR count). The fourth-order valence-corrected chi connectivity index (χ4v) is 5.52. The molecule has 2 aromatic rings. The van der Waals surface area contributed by atoms with Gasteiger partial charge in [-0.1, -0.05) is 0 Å². The van der Waals surface area contributed by atoms with Gasteiger partial charge >= 0.3 is 35.8 Å². The van der Waals surface area contributed by atoms with Gasteiger partial charge in [-0.2, -0.15) is 0 Å². The summed E-state index contributed by atoms with van der Waals surface area (Å²) in [5, 5.41) is 19.3. The zero-order valence-electron chi connectivity index (χ0n) is 18.9. The number of benzene rings is 2. The van der Waals surface area contributed by atoms with E-state index in [0.29, 0.717) is 25.7 Å². The molecule has 3 aliphatic rings. The molecule has 2 heterocycles. The first-order valence-electron chi connectivity index (χ1n) is 11.5. The van der Waals surface area contributed by atoms with E-state index in [-0.39, 0.29) is 69.2 Å². The summed E-state index contributed by atoms with van der Waals surface area (Å²) in [4.78, 5) is 71.9. The summed E-state index contributed by atoms with van der Waals surface area (Å²) in [6, 6.07) is 5.21. The van der Waals surface area contributed by atoms with Crippen molar-refractivity contribution in [3.05, 3.63) is 68.8 Å². The Kier molecular flexibility index (Phi) is 5.66. The van der Waals surface area contributed by atoms with Crippen molar-refractivity contribution in [1.29, 1.82) is 0 Å². The number of carboxylic acids is 2. The van der Waals surface area contributed by atoms with Crippen LogP contribution < -0.4 is 0 Å². The van der Waals surface area contributed by atoms with E-state index < -0.39 is 35.8 Å². The molecule has 0 amide bonds. The first-order valence-corrected chi connectivity index (χ1v) is 11.5. The Hall–Kier alpha value is -4.34. The van der Waals surface area contributed by atoms with E-state index in [1.165, 1.54) is 24.3 Å². The van der Waals surface area contributed by atoms with Gasteiger partial charge in [-0.3, -0.25) is 0 Å². The minimum absolute atomic E-state index is 0.0103. The number of carbonyl (C=O) groups is 6. The molecule has 1 aliphatic carbocycles. The van der Waals surface area contributed by atoms with E-state index in [9.17, 15) is 39.0 Å². The monoisotopic (exact) mass is 492 g/mol. The van der Waals surface area contributed by atoms with Gasteiger partial charge < -0.3 is 19.7 Å². The minimum atomic E-state index is -1.20. The van der Waals surface area contributed by atoms with E-state index in [2.05, 4.69) is 9.47 Å². The zero-order valence-corrected chi connectivity index (χ0v) is 18.9. The van der Waals surface area contributed by atoms with Gasteiger partial charge in [0.25, 0.3) is 0 Å². The van der Waals surface area contributed by atoms with E-state index in [4.69, 9.17) is 0 Å². The third kappa shape index (κ3) is 3.84. The van der Waals surface area contributed by atoms with Crippen LogP contribution in [-0.2, 0) is 22.3 Å². The third-order valence-electron chi connectivity index (χ3n) is 7.26. The number of ether oxygens (including phenoxy) is 2. The predicted molar refractivity (Wildman–Crippen MR) is 119 cm³/mol. The number of carbonyl (C=O) groups excluding carboxylic acids is 4.